The molecule has 0 radical (unpaired) electrons. The number of ether oxygens (including phenoxy) is 2. The van der Waals surface area contributed by atoms with Crippen LogP contribution in [0, 0.1) is 0 Å². The fourth-order valence-corrected chi connectivity index (χ4v) is 3.44. The molecule has 0 fully saturated rings. The van der Waals surface area contributed by atoms with Crippen LogP contribution in [0.5, 0.6) is 0 Å². The Kier molecular flexibility index (Phi) is 5.11. The van der Waals surface area contributed by atoms with Crippen LogP contribution < -0.4 is 0 Å². The molecule has 3 aromatic rings. The number of fused-ring (bicyclic) bond motifs is 1. The predicted octanol–water partition coefficient (Wildman–Crippen LogP) is 3.27. The summed E-state index contributed by atoms with van der Waals surface area (Å²) in [5.41, 5.74) is 3.14. The summed E-state index contributed by atoms with van der Waals surface area (Å²) in [6.45, 7) is 0.944. The van der Waals surface area contributed by atoms with Gasteiger partial charge in [0.1, 0.15) is 12.2 Å². The summed E-state index contributed by atoms with van der Waals surface area (Å²) in [6.07, 6.45) is 3.01. The lowest BCUT2D eigenvalue weighted by atomic mass is 10.1. The smallest absolute Gasteiger partial charge is 0.128 e. The summed E-state index contributed by atoms with van der Waals surface area (Å²) in [4.78, 5) is 4.22. The van der Waals surface area contributed by atoms with Gasteiger partial charge >= 0.3 is 0 Å². The van der Waals surface area contributed by atoms with Gasteiger partial charge in [-0.05, 0) is 11.1 Å². The molecule has 0 saturated carbocycles. The van der Waals surface area contributed by atoms with Gasteiger partial charge in [-0.25, -0.2) is 4.98 Å². The van der Waals surface area contributed by atoms with Crippen molar-refractivity contribution in [2.45, 2.75) is 31.5 Å². The first kappa shape index (κ1) is 17.0. The van der Waals surface area contributed by atoms with Crippen LogP contribution in [0.1, 0.15) is 29.0 Å². The van der Waals surface area contributed by atoms with E-state index in [2.05, 4.69) is 4.98 Å². The molecule has 5 heteroatoms. The van der Waals surface area contributed by atoms with Crippen molar-refractivity contribution in [2.75, 3.05) is 6.61 Å². The molecular weight excluding hydrogens is 328 g/mol. The Hall–Kier alpha value is -2.47. The lowest BCUT2D eigenvalue weighted by Crippen LogP contribution is -2.28. The molecule has 1 aliphatic heterocycles. The fraction of sp³-hybridized carbons (Fsp3) is 0.286. The molecule has 1 aliphatic rings. The lowest BCUT2D eigenvalue weighted by molar-refractivity contribution is -0.0965. The van der Waals surface area contributed by atoms with Crippen molar-refractivity contribution in [1.29, 1.82) is 0 Å². The maximum absolute atomic E-state index is 9.92. The number of benzene rings is 2. The molecule has 0 aliphatic carbocycles. The van der Waals surface area contributed by atoms with E-state index in [4.69, 9.17) is 9.47 Å². The number of aliphatic hydroxyl groups is 1. The van der Waals surface area contributed by atoms with Crippen molar-refractivity contribution < 1.29 is 14.6 Å². The summed E-state index contributed by atoms with van der Waals surface area (Å²) in [6, 6.07) is 19.9. The molecule has 5 nitrogen and oxygen atoms in total. The van der Waals surface area contributed by atoms with E-state index in [1.54, 1.807) is 12.5 Å². The topological polar surface area (TPSA) is 56.5 Å². The van der Waals surface area contributed by atoms with Crippen LogP contribution >= 0.6 is 0 Å². The lowest BCUT2D eigenvalue weighted by Gasteiger charge is -2.24. The first-order chi connectivity index (χ1) is 12.9. The minimum Gasteiger partial charge on any atom is -0.394 e. The van der Waals surface area contributed by atoms with Gasteiger partial charge in [-0.15, -0.1) is 0 Å². The van der Waals surface area contributed by atoms with Crippen molar-refractivity contribution in [3.63, 3.8) is 0 Å². The fourth-order valence-electron chi connectivity index (χ4n) is 3.44. The second kappa shape index (κ2) is 7.83. The normalized spacial score (nSPS) is 21.7. The van der Waals surface area contributed by atoms with Gasteiger partial charge in [0, 0.05) is 0 Å². The minimum absolute atomic E-state index is 0.0198. The Morgan fingerprint density at radius 3 is 2.12 bits per heavy atom. The average Bonchev–Trinajstić information content (AvgIpc) is 3.27. The summed E-state index contributed by atoms with van der Waals surface area (Å²) < 4.78 is 14.4. The molecule has 0 unspecified atom stereocenters. The number of aliphatic hydroxyl groups excluding tert-OH is 1. The second-order valence-corrected chi connectivity index (χ2v) is 6.45. The minimum atomic E-state index is -0.265. The average molecular weight is 350 g/mol. The molecule has 2 heterocycles. The van der Waals surface area contributed by atoms with Gasteiger partial charge in [0.25, 0.3) is 0 Å². The Morgan fingerprint density at radius 1 is 0.885 bits per heavy atom. The van der Waals surface area contributed by atoms with Gasteiger partial charge in [0.15, 0.2) is 0 Å². The van der Waals surface area contributed by atoms with Gasteiger partial charge in [-0.3, -0.25) is 0 Å². The maximum Gasteiger partial charge on any atom is 0.128 e. The summed E-state index contributed by atoms with van der Waals surface area (Å²) in [7, 11) is 0. The van der Waals surface area contributed by atoms with Crippen LogP contribution in [0.2, 0.25) is 0 Å². The standard InChI is InChI=1S/C21H22N2O3/c24-12-19-21(26-14-17-9-5-2-6-10-17)20(18-11-22-15-23(18)19)25-13-16-7-3-1-4-8-16/h1-11,15,19-21,24H,12-14H2/t19-,20+,21+/m1/s1. The van der Waals surface area contributed by atoms with Crippen LogP contribution in [0.3, 0.4) is 0 Å². The van der Waals surface area contributed by atoms with Crippen LogP contribution in [0.15, 0.2) is 73.2 Å². The third-order valence-electron chi connectivity index (χ3n) is 4.77. The van der Waals surface area contributed by atoms with Gasteiger partial charge in [-0.2, -0.15) is 0 Å². The van der Waals surface area contributed by atoms with E-state index in [1.807, 2.05) is 65.2 Å². The summed E-state index contributed by atoms with van der Waals surface area (Å²) in [5.74, 6) is 0. The highest BCUT2D eigenvalue weighted by Gasteiger charge is 2.42. The van der Waals surface area contributed by atoms with Crippen molar-refractivity contribution in [1.82, 2.24) is 9.55 Å². The SMILES string of the molecule is OC[C@@H]1[C@H](OCc2ccccc2)[C@@H](OCc2ccccc2)c2cncn21. The van der Waals surface area contributed by atoms with Crippen molar-refractivity contribution in [3.05, 3.63) is 90.0 Å². The monoisotopic (exact) mass is 350 g/mol. The van der Waals surface area contributed by atoms with Crippen molar-refractivity contribution >= 4 is 0 Å². The Labute approximate surface area is 152 Å². The Balaban J connectivity index is 1.51. The number of hydrogen-bond donors (Lipinski definition) is 1. The maximum atomic E-state index is 9.92. The molecule has 1 aromatic heterocycles. The number of rotatable bonds is 7. The highest BCUT2D eigenvalue weighted by molar-refractivity contribution is 5.18. The number of nitrogens with zero attached hydrogens (tertiary/aromatic N) is 2. The van der Waals surface area contributed by atoms with Crippen molar-refractivity contribution in [3.8, 4) is 0 Å². The molecular formula is C21H22N2O3. The van der Waals surface area contributed by atoms with Gasteiger partial charge < -0.3 is 19.1 Å². The molecule has 0 saturated heterocycles. The van der Waals surface area contributed by atoms with Gasteiger partial charge in [0.2, 0.25) is 0 Å². The molecule has 0 bridgehead atoms. The van der Waals surface area contributed by atoms with E-state index in [0.29, 0.717) is 13.2 Å². The third-order valence-corrected chi connectivity index (χ3v) is 4.77. The number of imidazole rings is 1. The van der Waals surface area contributed by atoms with E-state index in [0.717, 1.165) is 16.8 Å². The van der Waals surface area contributed by atoms with Crippen molar-refractivity contribution in [2.24, 2.45) is 0 Å². The number of hydrogen-bond acceptors (Lipinski definition) is 4. The summed E-state index contributed by atoms with van der Waals surface area (Å²) in [5, 5.41) is 9.92. The van der Waals surface area contributed by atoms with E-state index < -0.39 is 0 Å². The molecule has 134 valence electrons. The largest absolute Gasteiger partial charge is 0.394 e. The molecule has 26 heavy (non-hydrogen) atoms. The van der Waals surface area contributed by atoms with Gasteiger partial charge in [0.05, 0.1) is 44.1 Å². The van der Waals surface area contributed by atoms with E-state index >= 15 is 0 Å². The van der Waals surface area contributed by atoms with E-state index in [1.165, 1.54) is 0 Å². The Morgan fingerprint density at radius 2 is 1.50 bits per heavy atom. The van der Waals surface area contributed by atoms with Crippen LogP contribution in [-0.4, -0.2) is 27.4 Å². The second-order valence-electron chi connectivity index (χ2n) is 6.45. The molecule has 1 N–H and O–H groups in total. The van der Waals surface area contributed by atoms with E-state index in [9.17, 15) is 5.11 Å². The molecule has 2 aromatic carbocycles. The zero-order chi connectivity index (χ0) is 17.8. The quantitative estimate of drug-likeness (QED) is 0.710. The molecule has 4 rings (SSSR count). The molecule has 3 atom stereocenters. The highest BCUT2D eigenvalue weighted by atomic mass is 16.5. The van der Waals surface area contributed by atoms with Crippen LogP contribution in [-0.2, 0) is 22.7 Å². The zero-order valence-corrected chi connectivity index (χ0v) is 14.4. The van der Waals surface area contributed by atoms with Crippen LogP contribution in [0.25, 0.3) is 0 Å². The third kappa shape index (κ3) is 3.42. The first-order valence-corrected chi connectivity index (χ1v) is 8.80. The molecule has 0 spiro atoms. The summed E-state index contributed by atoms with van der Waals surface area (Å²) >= 11 is 0. The molecule has 0 amide bonds. The number of aromatic nitrogens is 2. The van der Waals surface area contributed by atoms with Gasteiger partial charge in [-0.1, -0.05) is 60.7 Å². The predicted molar refractivity (Wildman–Crippen MR) is 97.3 cm³/mol. The van der Waals surface area contributed by atoms with E-state index in [-0.39, 0.29) is 24.9 Å². The highest BCUT2D eigenvalue weighted by Crippen LogP contribution is 2.39. The zero-order valence-electron chi connectivity index (χ0n) is 14.4. The Bertz CT molecular complexity index is 820. The van der Waals surface area contributed by atoms with Crippen LogP contribution in [0.4, 0.5) is 0 Å². The first-order valence-electron chi connectivity index (χ1n) is 8.80.